The molecule has 3 N–H and O–H groups in total. The van der Waals surface area contributed by atoms with E-state index >= 15 is 0 Å². The van der Waals surface area contributed by atoms with Crippen LogP contribution < -0.4 is 20.7 Å². The normalized spacial score (nSPS) is 11.5. The lowest BCUT2D eigenvalue weighted by molar-refractivity contribution is 0.370. The average Bonchev–Trinajstić information content (AvgIpc) is 3.23. The van der Waals surface area contributed by atoms with Crippen molar-refractivity contribution in [3.63, 3.8) is 0 Å². The largest absolute Gasteiger partial charge is 0.497 e. The van der Waals surface area contributed by atoms with Crippen molar-refractivity contribution in [3.8, 4) is 23.8 Å². The number of unbranched alkanes of at least 4 members (excludes halogenated alkanes) is 1. The first-order valence-electron chi connectivity index (χ1n) is 10.6. The number of H-pyrrole nitrogens is 1. The molecule has 2 heterocycles. The highest BCUT2D eigenvalue weighted by atomic mass is 31.2. The van der Waals surface area contributed by atoms with Crippen molar-refractivity contribution >= 4 is 18.8 Å². The van der Waals surface area contributed by atoms with Crippen molar-refractivity contribution in [1.82, 2.24) is 19.1 Å². The van der Waals surface area contributed by atoms with E-state index in [4.69, 9.17) is 25.7 Å². The Morgan fingerprint density at radius 3 is 2.56 bits per heavy atom. The summed E-state index contributed by atoms with van der Waals surface area (Å²) >= 11 is 0. The second kappa shape index (κ2) is 10.7. The third-order valence-corrected chi connectivity index (χ3v) is 6.26. The van der Waals surface area contributed by atoms with E-state index in [0.29, 0.717) is 36.6 Å². The smallest absolute Gasteiger partial charge is 0.333 e. The summed E-state index contributed by atoms with van der Waals surface area (Å²) < 4.78 is 24.0. The molecule has 0 aliphatic heterocycles. The summed E-state index contributed by atoms with van der Waals surface area (Å²) in [5.41, 5.74) is 0.0905. The number of aromatic amines is 1. The summed E-state index contributed by atoms with van der Waals surface area (Å²) in [5, 5.41) is 0. The molecule has 1 aromatic carbocycles. The number of fused-ring (bicyclic) bond motifs is 1. The van der Waals surface area contributed by atoms with Crippen molar-refractivity contribution in [3.05, 3.63) is 50.4 Å². The van der Waals surface area contributed by atoms with E-state index in [1.807, 2.05) is 12.1 Å². The topological polar surface area (TPSA) is 149 Å². The molecule has 0 saturated carbocycles. The zero-order chi connectivity index (χ0) is 24.9. The number of imidazole rings is 1. The molecule has 0 atom stereocenters. The molecule has 0 amide bonds. The number of rotatable bonds is 11. The zero-order valence-corrected chi connectivity index (χ0v) is 19.9. The SMILES string of the molecule is C#CCn1c(=O)c2[nH]c(CCc3ccc(OC)cc3OC)nc2n(CCCCP(=O)(O)O)c1=O. The van der Waals surface area contributed by atoms with Gasteiger partial charge in [-0.3, -0.25) is 13.9 Å². The summed E-state index contributed by atoms with van der Waals surface area (Å²) in [6.07, 6.45) is 6.57. The monoisotopic (exact) mass is 490 g/mol. The fraction of sp³-hybridized carbons (Fsp3) is 0.409. The van der Waals surface area contributed by atoms with Gasteiger partial charge in [0, 0.05) is 25.2 Å². The summed E-state index contributed by atoms with van der Waals surface area (Å²) in [7, 11) is -0.991. The molecular formula is C22H27N4O7P. The standard InChI is InChI=1S/C22H27N4O7P/c1-4-11-26-21(27)19-20(25(22(26)28)12-5-6-13-34(29,30)31)24-18(23-19)10-8-15-7-9-16(32-2)14-17(15)33-3/h1,7,9,14H,5-6,8,10-13H2,2-3H3,(H,23,24)(H2,29,30,31). The van der Waals surface area contributed by atoms with Crippen LogP contribution in [-0.4, -0.2) is 49.3 Å². The second-order valence-electron chi connectivity index (χ2n) is 7.68. The summed E-state index contributed by atoms with van der Waals surface area (Å²) in [6, 6.07) is 5.49. The quantitative estimate of drug-likeness (QED) is 0.207. The highest BCUT2D eigenvalue weighted by molar-refractivity contribution is 7.51. The van der Waals surface area contributed by atoms with Crippen LogP contribution in [0.25, 0.3) is 11.2 Å². The lowest BCUT2D eigenvalue weighted by Crippen LogP contribution is -2.40. The Balaban J connectivity index is 1.92. The molecule has 0 spiro atoms. The Morgan fingerprint density at radius 1 is 1.15 bits per heavy atom. The number of nitrogens with one attached hydrogen (secondary N) is 1. The number of aryl methyl sites for hydroxylation is 3. The first-order valence-corrected chi connectivity index (χ1v) is 12.4. The minimum absolute atomic E-state index is 0.136. The molecule has 2 aromatic heterocycles. The van der Waals surface area contributed by atoms with E-state index in [-0.39, 0.29) is 36.8 Å². The maximum atomic E-state index is 12.9. The van der Waals surface area contributed by atoms with Gasteiger partial charge in [0.15, 0.2) is 5.65 Å². The first kappa shape index (κ1) is 25.3. The maximum Gasteiger partial charge on any atom is 0.333 e. The van der Waals surface area contributed by atoms with Gasteiger partial charge in [-0.2, -0.15) is 0 Å². The Labute approximate surface area is 195 Å². The molecule has 0 aliphatic rings. The van der Waals surface area contributed by atoms with Gasteiger partial charge in [0.05, 0.1) is 20.8 Å². The molecule has 0 aliphatic carbocycles. The van der Waals surface area contributed by atoms with E-state index in [1.165, 1.54) is 4.57 Å². The maximum absolute atomic E-state index is 12.9. The fourth-order valence-electron chi connectivity index (χ4n) is 3.66. The van der Waals surface area contributed by atoms with Gasteiger partial charge in [0.1, 0.15) is 22.8 Å². The number of nitrogens with zero attached hydrogens (tertiary/aromatic N) is 3. The van der Waals surface area contributed by atoms with Gasteiger partial charge >= 0.3 is 13.3 Å². The Kier molecular flexibility index (Phi) is 7.99. The zero-order valence-electron chi connectivity index (χ0n) is 19.0. The highest BCUT2D eigenvalue weighted by Gasteiger charge is 2.18. The van der Waals surface area contributed by atoms with Crippen LogP contribution >= 0.6 is 7.60 Å². The number of aromatic nitrogens is 4. The molecule has 0 saturated heterocycles. The molecule has 0 radical (unpaired) electrons. The molecule has 3 aromatic rings. The third kappa shape index (κ3) is 5.78. The highest BCUT2D eigenvalue weighted by Crippen LogP contribution is 2.35. The predicted molar refractivity (Wildman–Crippen MR) is 127 cm³/mol. The van der Waals surface area contributed by atoms with Crippen LogP contribution in [0.5, 0.6) is 11.5 Å². The number of hydrogen-bond donors (Lipinski definition) is 3. The molecular weight excluding hydrogens is 463 g/mol. The van der Waals surface area contributed by atoms with Gasteiger partial charge in [-0.25, -0.2) is 14.3 Å². The second-order valence-corrected chi connectivity index (χ2v) is 9.46. The number of benzene rings is 1. The molecule has 0 bridgehead atoms. The van der Waals surface area contributed by atoms with E-state index in [9.17, 15) is 14.2 Å². The number of hydrogen-bond acceptors (Lipinski definition) is 6. The van der Waals surface area contributed by atoms with E-state index in [1.54, 1.807) is 20.3 Å². The van der Waals surface area contributed by atoms with E-state index in [0.717, 1.165) is 10.1 Å². The van der Waals surface area contributed by atoms with Crippen LogP contribution in [-0.2, 0) is 30.5 Å². The minimum Gasteiger partial charge on any atom is -0.497 e. The van der Waals surface area contributed by atoms with Crippen molar-refractivity contribution < 1.29 is 23.8 Å². The number of ether oxygens (including phenoxy) is 2. The van der Waals surface area contributed by atoms with Crippen molar-refractivity contribution in [1.29, 1.82) is 0 Å². The molecule has 0 unspecified atom stereocenters. The predicted octanol–water partition coefficient (Wildman–Crippen LogP) is 1.28. The molecule has 0 fully saturated rings. The van der Waals surface area contributed by atoms with Crippen LogP contribution in [0.1, 0.15) is 24.2 Å². The fourth-order valence-corrected chi connectivity index (χ4v) is 4.30. The van der Waals surface area contributed by atoms with Crippen LogP contribution in [0, 0.1) is 12.3 Å². The van der Waals surface area contributed by atoms with Gasteiger partial charge in [-0.05, 0) is 30.9 Å². The van der Waals surface area contributed by atoms with Gasteiger partial charge in [0.2, 0.25) is 0 Å². The summed E-state index contributed by atoms with van der Waals surface area (Å²) in [4.78, 5) is 51.4. The van der Waals surface area contributed by atoms with Crippen LogP contribution in [0.3, 0.4) is 0 Å². The lowest BCUT2D eigenvalue weighted by atomic mass is 10.1. The average molecular weight is 490 g/mol. The Hall–Kier alpha value is -3.32. The van der Waals surface area contributed by atoms with Crippen molar-refractivity contribution in [2.75, 3.05) is 20.4 Å². The van der Waals surface area contributed by atoms with Crippen LogP contribution in [0.2, 0.25) is 0 Å². The number of methoxy groups -OCH3 is 2. The Morgan fingerprint density at radius 2 is 1.91 bits per heavy atom. The van der Waals surface area contributed by atoms with Gasteiger partial charge in [-0.15, -0.1) is 6.42 Å². The molecule has 11 nitrogen and oxygen atoms in total. The Bertz CT molecular complexity index is 1380. The first-order chi connectivity index (χ1) is 16.2. The van der Waals surface area contributed by atoms with Gasteiger partial charge < -0.3 is 24.2 Å². The third-order valence-electron chi connectivity index (χ3n) is 5.37. The number of terminal acetylenes is 1. The van der Waals surface area contributed by atoms with Crippen LogP contribution in [0.15, 0.2) is 27.8 Å². The van der Waals surface area contributed by atoms with Gasteiger partial charge in [-0.1, -0.05) is 12.0 Å². The molecule has 12 heteroatoms. The van der Waals surface area contributed by atoms with Crippen LogP contribution in [0.4, 0.5) is 0 Å². The van der Waals surface area contributed by atoms with Crippen molar-refractivity contribution in [2.24, 2.45) is 0 Å². The van der Waals surface area contributed by atoms with Crippen molar-refractivity contribution in [2.45, 2.75) is 38.8 Å². The minimum atomic E-state index is -4.13. The molecule has 3 rings (SSSR count). The lowest BCUT2D eigenvalue weighted by Gasteiger charge is -2.10. The van der Waals surface area contributed by atoms with E-state index < -0.39 is 18.8 Å². The molecule has 34 heavy (non-hydrogen) atoms. The summed E-state index contributed by atoms with van der Waals surface area (Å²) in [6.45, 7) is -0.0652. The molecule has 182 valence electrons. The summed E-state index contributed by atoms with van der Waals surface area (Å²) in [5.74, 6) is 4.14. The van der Waals surface area contributed by atoms with Gasteiger partial charge in [0.25, 0.3) is 5.56 Å². The van der Waals surface area contributed by atoms with E-state index in [2.05, 4.69) is 15.9 Å².